The van der Waals surface area contributed by atoms with Gasteiger partial charge in [0.2, 0.25) is 0 Å². The molecule has 0 aliphatic rings. The molecule has 1 aromatic heterocycles. The van der Waals surface area contributed by atoms with Crippen LogP contribution in [0.15, 0.2) is 36.7 Å². The van der Waals surface area contributed by atoms with E-state index in [2.05, 4.69) is 34.3 Å². The lowest BCUT2D eigenvalue weighted by Gasteiger charge is -2.07. The van der Waals surface area contributed by atoms with Crippen LogP contribution in [0.1, 0.15) is 16.8 Å². The topological polar surface area (TPSA) is 61.6 Å². The van der Waals surface area contributed by atoms with Gasteiger partial charge < -0.3 is 5.32 Å². The fourth-order valence-electron chi connectivity index (χ4n) is 1.69. The monoisotopic (exact) mass is 238 g/mol. The number of hydrogen-bond donors (Lipinski definition) is 1. The quantitative estimate of drug-likeness (QED) is 0.887. The van der Waals surface area contributed by atoms with Gasteiger partial charge in [-0.3, -0.25) is 0 Å². The van der Waals surface area contributed by atoms with E-state index in [-0.39, 0.29) is 0 Å². The lowest BCUT2D eigenvalue weighted by Crippen LogP contribution is -2.07. The molecule has 0 radical (unpaired) electrons. The molecule has 2 aromatic rings. The van der Waals surface area contributed by atoms with Crippen molar-refractivity contribution in [3.8, 4) is 6.07 Å². The van der Waals surface area contributed by atoms with Crippen LogP contribution in [0.25, 0.3) is 0 Å². The summed E-state index contributed by atoms with van der Waals surface area (Å²) in [4.78, 5) is 8.06. The normalized spacial score (nSPS) is 9.78. The fourth-order valence-corrected chi connectivity index (χ4v) is 1.69. The molecular formula is C14H14N4. The predicted octanol–water partition coefficient (Wildman–Crippen LogP) is 2.31. The average Bonchev–Trinajstić information content (AvgIpc) is 2.42. The first kappa shape index (κ1) is 12.1. The minimum atomic E-state index is 0.333. The predicted molar refractivity (Wildman–Crippen MR) is 70.1 cm³/mol. The maximum absolute atomic E-state index is 8.61. The van der Waals surface area contributed by atoms with Crippen molar-refractivity contribution in [1.82, 2.24) is 9.97 Å². The summed E-state index contributed by atoms with van der Waals surface area (Å²) >= 11 is 0. The Kier molecular flexibility index (Phi) is 3.87. The molecule has 2 rings (SSSR count). The van der Waals surface area contributed by atoms with E-state index < -0.39 is 0 Å². The molecule has 0 fully saturated rings. The van der Waals surface area contributed by atoms with Crippen molar-refractivity contribution in [2.24, 2.45) is 0 Å². The van der Waals surface area contributed by atoms with Gasteiger partial charge in [0, 0.05) is 6.54 Å². The van der Waals surface area contributed by atoms with E-state index in [0.29, 0.717) is 11.5 Å². The van der Waals surface area contributed by atoms with E-state index in [1.165, 1.54) is 17.3 Å². The average molecular weight is 238 g/mol. The summed E-state index contributed by atoms with van der Waals surface area (Å²) in [6.45, 7) is 2.91. The summed E-state index contributed by atoms with van der Waals surface area (Å²) in [7, 11) is 0. The molecule has 0 unspecified atom stereocenters. The second-order valence-corrected chi connectivity index (χ2v) is 4.00. The minimum absolute atomic E-state index is 0.333. The lowest BCUT2D eigenvalue weighted by atomic mass is 10.1. The number of nitrogens with zero attached hydrogens (tertiary/aromatic N) is 3. The Hall–Kier alpha value is -2.41. The molecule has 1 N–H and O–H groups in total. The second-order valence-electron chi connectivity index (χ2n) is 4.00. The zero-order valence-electron chi connectivity index (χ0n) is 10.2. The summed E-state index contributed by atoms with van der Waals surface area (Å²) < 4.78 is 0. The van der Waals surface area contributed by atoms with Crippen LogP contribution in [0.5, 0.6) is 0 Å². The standard InChI is InChI=1S/C14H14N4/c1-11-4-2-3-5-12(11)6-7-16-14-10-17-13(8-15)9-18-14/h2-5,9-10H,6-7H2,1H3,(H,16,18). The Labute approximate surface area is 106 Å². The van der Waals surface area contributed by atoms with Gasteiger partial charge in [-0.15, -0.1) is 0 Å². The van der Waals surface area contributed by atoms with Crippen molar-refractivity contribution in [3.05, 3.63) is 53.5 Å². The van der Waals surface area contributed by atoms with Gasteiger partial charge in [0.25, 0.3) is 0 Å². The van der Waals surface area contributed by atoms with Crippen LogP contribution in [-0.4, -0.2) is 16.5 Å². The molecule has 90 valence electrons. The third-order valence-corrected chi connectivity index (χ3v) is 2.73. The third-order valence-electron chi connectivity index (χ3n) is 2.73. The largest absolute Gasteiger partial charge is 0.368 e. The van der Waals surface area contributed by atoms with Crippen molar-refractivity contribution in [2.45, 2.75) is 13.3 Å². The molecule has 0 bridgehead atoms. The van der Waals surface area contributed by atoms with Gasteiger partial charge >= 0.3 is 0 Å². The first-order chi connectivity index (χ1) is 8.79. The zero-order chi connectivity index (χ0) is 12.8. The number of rotatable bonds is 4. The maximum Gasteiger partial charge on any atom is 0.158 e. The third kappa shape index (κ3) is 3.05. The van der Waals surface area contributed by atoms with Crippen LogP contribution in [-0.2, 0) is 6.42 Å². The van der Waals surface area contributed by atoms with Gasteiger partial charge in [-0.05, 0) is 24.5 Å². The first-order valence-electron chi connectivity index (χ1n) is 5.80. The number of aryl methyl sites for hydroxylation is 1. The molecule has 0 atom stereocenters. The number of hydrogen-bond acceptors (Lipinski definition) is 4. The summed E-state index contributed by atoms with van der Waals surface area (Å²) in [6.07, 6.45) is 3.99. The summed E-state index contributed by atoms with van der Waals surface area (Å²) in [5, 5.41) is 11.8. The Bertz CT molecular complexity index is 555. The van der Waals surface area contributed by atoms with E-state index in [1.807, 2.05) is 18.2 Å². The highest BCUT2D eigenvalue weighted by molar-refractivity contribution is 5.34. The van der Waals surface area contributed by atoms with E-state index in [9.17, 15) is 0 Å². The van der Waals surface area contributed by atoms with Gasteiger partial charge in [-0.1, -0.05) is 24.3 Å². The molecule has 4 nitrogen and oxygen atoms in total. The van der Waals surface area contributed by atoms with Gasteiger partial charge in [0.15, 0.2) is 5.69 Å². The molecule has 0 saturated heterocycles. The molecule has 0 aliphatic carbocycles. The zero-order valence-corrected chi connectivity index (χ0v) is 10.2. The van der Waals surface area contributed by atoms with Crippen molar-refractivity contribution in [3.63, 3.8) is 0 Å². The number of nitriles is 1. The van der Waals surface area contributed by atoms with Crippen LogP contribution in [0.3, 0.4) is 0 Å². The minimum Gasteiger partial charge on any atom is -0.368 e. The second kappa shape index (κ2) is 5.78. The van der Waals surface area contributed by atoms with Gasteiger partial charge in [0.1, 0.15) is 11.9 Å². The summed E-state index contributed by atoms with van der Waals surface area (Å²) in [5.74, 6) is 0.697. The highest BCUT2D eigenvalue weighted by Crippen LogP contribution is 2.08. The van der Waals surface area contributed by atoms with Crippen LogP contribution >= 0.6 is 0 Å². The van der Waals surface area contributed by atoms with Crippen LogP contribution in [0.2, 0.25) is 0 Å². The van der Waals surface area contributed by atoms with E-state index in [1.54, 1.807) is 6.20 Å². The molecule has 1 aromatic carbocycles. The van der Waals surface area contributed by atoms with Crippen molar-refractivity contribution in [1.29, 1.82) is 5.26 Å². The van der Waals surface area contributed by atoms with Gasteiger partial charge in [0.05, 0.1) is 12.4 Å². The van der Waals surface area contributed by atoms with Crippen molar-refractivity contribution in [2.75, 3.05) is 11.9 Å². The number of benzene rings is 1. The molecule has 0 saturated carbocycles. The SMILES string of the molecule is Cc1ccccc1CCNc1cnc(C#N)cn1. The number of aromatic nitrogens is 2. The smallest absolute Gasteiger partial charge is 0.158 e. The molecule has 0 amide bonds. The molecular weight excluding hydrogens is 224 g/mol. The highest BCUT2D eigenvalue weighted by Gasteiger charge is 1.98. The molecule has 0 aliphatic heterocycles. The van der Waals surface area contributed by atoms with Crippen LogP contribution in [0, 0.1) is 18.3 Å². The lowest BCUT2D eigenvalue weighted by molar-refractivity contribution is 0.986. The van der Waals surface area contributed by atoms with Crippen molar-refractivity contribution < 1.29 is 0 Å². The Balaban J connectivity index is 1.89. The highest BCUT2D eigenvalue weighted by atomic mass is 15.0. The molecule has 4 heteroatoms. The Morgan fingerprint density at radius 1 is 1.22 bits per heavy atom. The Morgan fingerprint density at radius 3 is 2.72 bits per heavy atom. The van der Waals surface area contributed by atoms with E-state index in [4.69, 9.17) is 5.26 Å². The molecule has 0 spiro atoms. The van der Waals surface area contributed by atoms with Crippen molar-refractivity contribution >= 4 is 5.82 Å². The van der Waals surface area contributed by atoms with E-state index in [0.717, 1.165) is 13.0 Å². The first-order valence-corrected chi connectivity index (χ1v) is 5.80. The van der Waals surface area contributed by atoms with E-state index >= 15 is 0 Å². The number of nitrogens with one attached hydrogen (secondary N) is 1. The van der Waals surface area contributed by atoms with Gasteiger partial charge in [-0.2, -0.15) is 5.26 Å². The molecule has 18 heavy (non-hydrogen) atoms. The molecule has 1 heterocycles. The maximum atomic E-state index is 8.61. The summed E-state index contributed by atoms with van der Waals surface area (Å²) in [5.41, 5.74) is 2.95. The fraction of sp³-hybridized carbons (Fsp3) is 0.214. The summed E-state index contributed by atoms with van der Waals surface area (Å²) in [6, 6.07) is 10.3. The number of anilines is 1. The van der Waals surface area contributed by atoms with Crippen LogP contribution < -0.4 is 5.32 Å². The van der Waals surface area contributed by atoms with Crippen LogP contribution in [0.4, 0.5) is 5.82 Å². The Morgan fingerprint density at radius 2 is 2.06 bits per heavy atom. The van der Waals surface area contributed by atoms with Gasteiger partial charge in [-0.25, -0.2) is 9.97 Å².